The molecule has 2 N–H and O–H groups in total. The number of carbonyl (C=O) groups is 1. The van der Waals surface area contributed by atoms with Gasteiger partial charge in [0.2, 0.25) is 0 Å². The second-order valence-electron chi connectivity index (χ2n) is 7.00. The van der Waals surface area contributed by atoms with Crippen LogP contribution in [0, 0.1) is 22.7 Å². The smallest absolute Gasteiger partial charge is 0.311 e. The first kappa shape index (κ1) is 13.6. The van der Waals surface area contributed by atoms with Gasteiger partial charge in [-0.1, -0.05) is 33.8 Å². The van der Waals surface area contributed by atoms with Crippen molar-refractivity contribution in [3.8, 4) is 0 Å². The van der Waals surface area contributed by atoms with Crippen molar-refractivity contribution in [3.63, 3.8) is 0 Å². The normalized spacial score (nSPS) is 43.3. The van der Waals surface area contributed by atoms with Gasteiger partial charge in [0.05, 0.1) is 12.0 Å². The van der Waals surface area contributed by atoms with Crippen molar-refractivity contribution in [1.82, 2.24) is 0 Å². The SMILES string of the molecule is C=C1C(O)CC2C(C)(C)CCCC2(C)C1C(=O)O. The highest BCUT2D eigenvalue weighted by atomic mass is 16.4. The third-order valence-electron chi connectivity index (χ3n) is 5.44. The molecule has 18 heavy (non-hydrogen) atoms. The van der Waals surface area contributed by atoms with E-state index in [2.05, 4.69) is 27.4 Å². The fourth-order valence-corrected chi connectivity index (χ4v) is 4.53. The summed E-state index contributed by atoms with van der Waals surface area (Å²) >= 11 is 0. The molecular formula is C15H24O3. The largest absolute Gasteiger partial charge is 0.481 e. The number of fused-ring (bicyclic) bond motifs is 1. The van der Waals surface area contributed by atoms with E-state index < -0.39 is 18.0 Å². The summed E-state index contributed by atoms with van der Waals surface area (Å²) in [5, 5.41) is 19.6. The van der Waals surface area contributed by atoms with E-state index in [4.69, 9.17) is 0 Å². The van der Waals surface area contributed by atoms with Gasteiger partial charge in [-0.25, -0.2) is 0 Å². The quantitative estimate of drug-likeness (QED) is 0.705. The third-order valence-corrected chi connectivity index (χ3v) is 5.44. The Labute approximate surface area is 109 Å². The number of hydrogen-bond donors (Lipinski definition) is 2. The average Bonchev–Trinajstić information content (AvgIpc) is 2.21. The molecule has 3 heteroatoms. The summed E-state index contributed by atoms with van der Waals surface area (Å²) in [6, 6.07) is 0. The first-order valence-corrected chi connectivity index (χ1v) is 6.80. The fourth-order valence-electron chi connectivity index (χ4n) is 4.53. The predicted molar refractivity (Wildman–Crippen MR) is 70.1 cm³/mol. The molecule has 0 bridgehead atoms. The highest BCUT2D eigenvalue weighted by molar-refractivity contribution is 5.75. The fraction of sp³-hybridized carbons (Fsp3) is 0.800. The zero-order valence-electron chi connectivity index (χ0n) is 11.6. The molecule has 2 rings (SSSR count). The van der Waals surface area contributed by atoms with E-state index in [0.717, 1.165) is 19.3 Å². The third kappa shape index (κ3) is 1.80. The van der Waals surface area contributed by atoms with Crippen LogP contribution in [0.2, 0.25) is 0 Å². The molecule has 0 heterocycles. The molecule has 0 spiro atoms. The van der Waals surface area contributed by atoms with Gasteiger partial charge in [0, 0.05) is 0 Å². The van der Waals surface area contributed by atoms with E-state index in [1.54, 1.807) is 0 Å². The molecule has 3 nitrogen and oxygen atoms in total. The Morgan fingerprint density at radius 2 is 1.94 bits per heavy atom. The molecule has 2 aliphatic carbocycles. The van der Waals surface area contributed by atoms with E-state index in [0.29, 0.717) is 12.0 Å². The standard InChI is InChI=1S/C15H24O3/c1-9-10(16)8-11-14(2,3)6-5-7-15(11,4)12(9)13(17)18/h10-12,16H,1,5-8H2,2-4H3,(H,17,18). The number of hydrogen-bond acceptors (Lipinski definition) is 2. The summed E-state index contributed by atoms with van der Waals surface area (Å²) < 4.78 is 0. The van der Waals surface area contributed by atoms with E-state index in [-0.39, 0.29) is 16.7 Å². The zero-order valence-corrected chi connectivity index (χ0v) is 11.6. The molecule has 102 valence electrons. The van der Waals surface area contributed by atoms with Crippen LogP contribution >= 0.6 is 0 Å². The van der Waals surface area contributed by atoms with Crippen molar-refractivity contribution >= 4 is 5.97 Å². The second kappa shape index (κ2) is 4.09. The van der Waals surface area contributed by atoms with Crippen molar-refractivity contribution < 1.29 is 15.0 Å². The Morgan fingerprint density at radius 1 is 1.33 bits per heavy atom. The van der Waals surface area contributed by atoms with Crippen LogP contribution in [-0.4, -0.2) is 22.3 Å². The number of aliphatic hydroxyl groups is 1. The lowest BCUT2D eigenvalue weighted by Crippen LogP contribution is -2.54. The minimum Gasteiger partial charge on any atom is -0.481 e. The molecule has 0 radical (unpaired) electrons. The van der Waals surface area contributed by atoms with Gasteiger partial charge >= 0.3 is 5.97 Å². The molecule has 0 aromatic carbocycles. The maximum atomic E-state index is 11.6. The first-order chi connectivity index (χ1) is 8.20. The first-order valence-electron chi connectivity index (χ1n) is 6.80. The van der Waals surface area contributed by atoms with Crippen LogP contribution in [0.4, 0.5) is 0 Å². The molecule has 0 aromatic heterocycles. The second-order valence-corrected chi connectivity index (χ2v) is 7.00. The zero-order chi connectivity index (χ0) is 13.7. The van der Waals surface area contributed by atoms with Crippen LogP contribution in [0.5, 0.6) is 0 Å². The average molecular weight is 252 g/mol. The van der Waals surface area contributed by atoms with E-state index in [9.17, 15) is 15.0 Å². The van der Waals surface area contributed by atoms with Gasteiger partial charge in [-0.2, -0.15) is 0 Å². The molecule has 0 saturated heterocycles. The van der Waals surface area contributed by atoms with E-state index >= 15 is 0 Å². The number of rotatable bonds is 1. The summed E-state index contributed by atoms with van der Waals surface area (Å²) in [4.78, 5) is 11.6. The summed E-state index contributed by atoms with van der Waals surface area (Å²) in [5.74, 6) is -1.19. The minimum absolute atomic E-state index is 0.0996. The number of aliphatic hydroxyl groups excluding tert-OH is 1. The Kier molecular flexibility index (Phi) is 3.09. The summed E-state index contributed by atoms with van der Waals surface area (Å²) in [6.07, 6.45) is 3.09. The lowest BCUT2D eigenvalue weighted by Gasteiger charge is -2.57. The highest BCUT2D eigenvalue weighted by Crippen LogP contribution is 2.60. The predicted octanol–water partition coefficient (Wildman–Crippen LogP) is 2.84. The van der Waals surface area contributed by atoms with Crippen LogP contribution in [-0.2, 0) is 4.79 Å². The number of carboxylic acids is 1. The Morgan fingerprint density at radius 3 is 2.50 bits per heavy atom. The Hall–Kier alpha value is -0.830. The molecular weight excluding hydrogens is 228 g/mol. The lowest BCUT2D eigenvalue weighted by atomic mass is 9.47. The maximum Gasteiger partial charge on any atom is 0.311 e. The van der Waals surface area contributed by atoms with Gasteiger partial charge in [-0.15, -0.1) is 0 Å². The molecule has 2 saturated carbocycles. The molecule has 4 unspecified atom stereocenters. The van der Waals surface area contributed by atoms with E-state index in [1.807, 2.05) is 0 Å². The molecule has 0 amide bonds. The van der Waals surface area contributed by atoms with Gasteiger partial charge < -0.3 is 10.2 Å². The van der Waals surface area contributed by atoms with Crippen molar-refractivity contribution in [1.29, 1.82) is 0 Å². The minimum atomic E-state index is -0.830. The van der Waals surface area contributed by atoms with Crippen molar-refractivity contribution in [2.45, 2.75) is 52.6 Å². The van der Waals surface area contributed by atoms with Crippen LogP contribution in [0.15, 0.2) is 12.2 Å². The topological polar surface area (TPSA) is 57.5 Å². The van der Waals surface area contributed by atoms with E-state index in [1.165, 1.54) is 0 Å². The molecule has 2 aliphatic rings. The van der Waals surface area contributed by atoms with Crippen LogP contribution in [0.3, 0.4) is 0 Å². The van der Waals surface area contributed by atoms with Crippen LogP contribution in [0.1, 0.15) is 46.5 Å². The molecule has 4 atom stereocenters. The molecule has 2 fully saturated rings. The van der Waals surface area contributed by atoms with Crippen molar-refractivity contribution in [2.24, 2.45) is 22.7 Å². The van der Waals surface area contributed by atoms with Gasteiger partial charge in [0.1, 0.15) is 0 Å². The van der Waals surface area contributed by atoms with Gasteiger partial charge in [-0.05, 0) is 41.6 Å². The van der Waals surface area contributed by atoms with Gasteiger partial charge in [0.25, 0.3) is 0 Å². The molecule has 0 aliphatic heterocycles. The van der Waals surface area contributed by atoms with Crippen LogP contribution < -0.4 is 0 Å². The van der Waals surface area contributed by atoms with Gasteiger partial charge in [0.15, 0.2) is 0 Å². The number of carboxylic acid groups (broad SMARTS) is 1. The maximum absolute atomic E-state index is 11.6. The number of aliphatic carboxylic acids is 1. The molecule has 0 aromatic rings. The summed E-state index contributed by atoms with van der Waals surface area (Å²) in [6.45, 7) is 10.3. The van der Waals surface area contributed by atoms with Gasteiger partial charge in [-0.3, -0.25) is 4.79 Å². The highest BCUT2D eigenvalue weighted by Gasteiger charge is 2.57. The Bertz CT molecular complexity index is 385. The van der Waals surface area contributed by atoms with Crippen LogP contribution in [0.25, 0.3) is 0 Å². The summed E-state index contributed by atoms with van der Waals surface area (Å²) in [7, 11) is 0. The van der Waals surface area contributed by atoms with Crippen molar-refractivity contribution in [2.75, 3.05) is 0 Å². The summed E-state index contributed by atoms with van der Waals surface area (Å²) in [5.41, 5.74) is 0.339. The monoisotopic (exact) mass is 252 g/mol. The van der Waals surface area contributed by atoms with Crippen molar-refractivity contribution in [3.05, 3.63) is 12.2 Å². The lowest BCUT2D eigenvalue weighted by molar-refractivity contribution is -0.156. The Balaban J connectivity index is 2.46.